The van der Waals surface area contributed by atoms with Crippen LogP contribution in [-0.4, -0.2) is 17.8 Å². The Labute approximate surface area is 100.0 Å². The van der Waals surface area contributed by atoms with Crippen LogP contribution in [0.4, 0.5) is 0 Å². The van der Waals surface area contributed by atoms with Crippen LogP contribution in [0, 0.1) is 0 Å². The molecule has 2 unspecified atom stereocenters. The Morgan fingerprint density at radius 2 is 2.07 bits per heavy atom. The molecule has 0 amide bonds. The summed E-state index contributed by atoms with van der Waals surface area (Å²) < 4.78 is 0. The quantitative estimate of drug-likeness (QED) is 0.860. The highest BCUT2D eigenvalue weighted by atomic mass is 35.5. The van der Waals surface area contributed by atoms with Crippen LogP contribution in [0.2, 0.25) is 10.0 Å². The number of benzene rings is 1. The summed E-state index contributed by atoms with van der Waals surface area (Å²) in [6.45, 7) is 1.99. The summed E-state index contributed by atoms with van der Waals surface area (Å²) in [6, 6.07) is 5.25. The summed E-state index contributed by atoms with van der Waals surface area (Å²) in [6.07, 6.45) is 0.595. The number of rotatable bonds is 4. The smallest absolute Gasteiger partial charge is 0.0442 e. The largest absolute Gasteiger partial charge is 0.396 e. The van der Waals surface area contributed by atoms with E-state index in [4.69, 9.17) is 34.0 Å². The van der Waals surface area contributed by atoms with Crippen LogP contribution in [0.1, 0.15) is 24.8 Å². The summed E-state index contributed by atoms with van der Waals surface area (Å²) in [4.78, 5) is 0. The molecule has 0 saturated heterocycles. The van der Waals surface area contributed by atoms with Crippen LogP contribution in [0.5, 0.6) is 0 Å². The number of hydrogen-bond acceptors (Lipinski definition) is 2. The monoisotopic (exact) mass is 247 g/mol. The van der Waals surface area contributed by atoms with Crippen molar-refractivity contribution in [2.45, 2.75) is 25.3 Å². The van der Waals surface area contributed by atoms with E-state index in [2.05, 4.69) is 0 Å². The maximum Gasteiger partial charge on any atom is 0.0442 e. The van der Waals surface area contributed by atoms with Crippen LogP contribution in [0.15, 0.2) is 18.2 Å². The second-order valence-electron chi connectivity index (χ2n) is 3.64. The third kappa shape index (κ3) is 3.35. The molecule has 0 aliphatic heterocycles. The van der Waals surface area contributed by atoms with Crippen molar-refractivity contribution in [3.05, 3.63) is 33.8 Å². The van der Waals surface area contributed by atoms with E-state index in [1.54, 1.807) is 12.1 Å². The summed E-state index contributed by atoms with van der Waals surface area (Å²) >= 11 is 12.0. The molecule has 1 aromatic carbocycles. The minimum atomic E-state index is -0.0619. The normalized spacial score (nSPS) is 15.0. The lowest BCUT2D eigenvalue weighted by Crippen LogP contribution is -2.25. The lowest BCUT2D eigenvalue weighted by Gasteiger charge is -2.21. The predicted molar refractivity (Wildman–Crippen MR) is 64.6 cm³/mol. The van der Waals surface area contributed by atoms with Gasteiger partial charge in [0.1, 0.15) is 0 Å². The van der Waals surface area contributed by atoms with E-state index in [1.807, 2.05) is 13.0 Å². The van der Waals surface area contributed by atoms with Crippen molar-refractivity contribution in [3.8, 4) is 0 Å². The fraction of sp³-hybridized carbons (Fsp3) is 0.455. The molecular weight excluding hydrogens is 233 g/mol. The second kappa shape index (κ2) is 5.71. The van der Waals surface area contributed by atoms with Gasteiger partial charge in [-0.3, -0.25) is 0 Å². The van der Waals surface area contributed by atoms with Gasteiger partial charge in [-0.25, -0.2) is 0 Å². The number of nitrogens with two attached hydrogens (primary N) is 1. The first-order chi connectivity index (χ1) is 7.06. The van der Waals surface area contributed by atoms with Gasteiger partial charge in [-0.05, 0) is 37.1 Å². The molecule has 0 spiro atoms. The van der Waals surface area contributed by atoms with Crippen molar-refractivity contribution in [1.29, 1.82) is 0 Å². The average Bonchev–Trinajstić information content (AvgIpc) is 2.18. The van der Waals surface area contributed by atoms with Crippen molar-refractivity contribution in [1.82, 2.24) is 0 Å². The fourth-order valence-corrected chi connectivity index (χ4v) is 2.08. The molecule has 1 aromatic rings. The molecule has 0 saturated carbocycles. The Kier molecular flexibility index (Phi) is 4.87. The first kappa shape index (κ1) is 12.8. The first-order valence-corrected chi connectivity index (χ1v) is 5.63. The summed E-state index contributed by atoms with van der Waals surface area (Å²) in [5.41, 5.74) is 6.77. The Hall–Kier alpha value is -0.280. The third-order valence-electron chi connectivity index (χ3n) is 2.43. The number of halogens is 2. The third-order valence-corrected chi connectivity index (χ3v) is 3.01. The zero-order valence-corrected chi connectivity index (χ0v) is 10.1. The summed E-state index contributed by atoms with van der Waals surface area (Å²) in [5.74, 6) is 0.0428. The highest BCUT2D eigenvalue weighted by Gasteiger charge is 2.18. The maximum absolute atomic E-state index is 8.98. The van der Waals surface area contributed by atoms with E-state index in [9.17, 15) is 0 Å². The Bertz CT molecular complexity index is 328. The topological polar surface area (TPSA) is 46.2 Å². The van der Waals surface area contributed by atoms with Gasteiger partial charge >= 0.3 is 0 Å². The van der Waals surface area contributed by atoms with Gasteiger partial charge in [0.15, 0.2) is 0 Å². The van der Waals surface area contributed by atoms with Gasteiger partial charge in [0.05, 0.1) is 0 Å². The second-order valence-corrected chi connectivity index (χ2v) is 4.49. The zero-order chi connectivity index (χ0) is 11.4. The highest BCUT2D eigenvalue weighted by Crippen LogP contribution is 2.31. The molecule has 0 fully saturated rings. The van der Waals surface area contributed by atoms with Crippen molar-refractivity contribution >= 4 is 23.2 Å². The van der Waals surface area contributed by atoms with Crippen molar-refractivity contribution in [2.75, 3.05) is 6.61 Å². The fourth-order valence-electron chi connectivity index (χ4n) is 1.64. The Balaban J connectivity index is 3.04. The van der Waals surface area contributed by atoms with Gasteiger partial charge in [0, 0.05) is 28.6 Å². The van der Waals surface area contributed by atoms with Crippen LogP contribution >= 0.6 is 23.2 Å². The number of aliphatic hydroxyl groups excluding tert-OH is 1. The summed E-state index contributed by atoms with van der Waals surface area (Å²) in [7, 11) is 0. The Morgan fingerprint density at radius 1 is 1.40 bits per heavy atom. The molecule has 15 heavy (non-hydrogen) atoms. The summed E-state index contributed by atoms with van der Waals surface area (Å²) in [5, 5.41) is 10.3. The molecule has 84 valence electrons. The number of aliphatic hydroxyl groups is 1. The first-order valence-electron chi connectivity index (χ1n) is 4.87. The molecule has 3 N–H and O–H groups in total. The van der Waals surface area contributed by atoms with E-state index >= 15 is 0 Å². The van der Waals surface area contributed by atoms with Crippen molar-refractivity contribution in [2.24, 2.45) is 5.73 Å². The maximum atomic E-state index is 8.98. The molecule has 0 heterocycles. The molecular formula is C11H15Cl2NO. The molecule has 4 heteroatoms. The van der Waals surface area contributed by atoms with Gasteiger partial charge in [0.25, 0.3) is 0 Å². The van der Waals surface area contributed by atoms with Gasteiger partial charge in [0.2, 0.25) is 0 Å². The zero-order valence-electron chi connectivity index (χ0n) is 8.58. The lowest BCUT2D eigenvalue weighted by atomic mass is 9.90. The van der Waals surface area contributed by atoms with E-state index < -0.39 is 0 Å². The number of hydrogen-bond donors (Lipinski definition) is 2. The minimum Gasteiger partial charge on any atom is -0.396 e. The van der Waals surface area contributed by atoms with Crippen LogP contribution < -0.4 is 5.73 Å². The van der Waals surface area contributed by atoms with E-state index in [0.29, 0.717) is 16.5 Å². The van der Waals surface area contributed by atoms with Crippen LogP contribution in [0.3, 0.4) is 0 Å². The molecule has 0 aliphatic carbocycles. The Morgan fingerprint density at radius 3 is 2.60 bits per heavy atom. The van der Waals surface area contributed by atoms with Gasteiger partial charge in [-0.2, -0.15) is 0 Å². The molecule has 0 aliphatic rings. The van der Waals surface area contributed by atoms with Crippen molar-refractivity contribution < 1.29 is 5.11 Å². The van der Waals surface area contributed by atoms with Crippen LogP contribution in [-0.2, 0) is 0 Å². The van der Waals surface area contributed by atoms with Gasteiger partial charge in [-0.1, -0.05) is 23.2 Å². The standard InChI is InChI=1S/C11H15Cl2NO/c1-7(14)9(4-5-15)10-6-8(12)2-3-11(10)13/h2-3,6-7,9,15H,4-5,14H2,1H3. The molecule has 2 atom stereocenters. The van der Waals surface area contributed by atoms with E-state index in [-0.39, 0.29) is 18.6 Å². The SMILES string of the molecule is CC(N)C(CCO)c1cc(Cl)ccc1Cl. The molecule has 2 nitrogen and oxygen atoms in total. The lowest BCUT2D eigenvalue weighted by molar-refractivity contribution is 0.269. The average molecular weight is 248 g/mol. The van der Waals surface area contributed by atoms with Crippen LogP contribution in [0.25, 0.3) is 0 Å². The molecule has 0 radical (unpaired) electrons. The molecule has 1 rings (SSSR count). The van der Waals surface area contributed by atoms with Gasteiger partial charge < -0.3 is 10.8 Å². The van der Waals surface area contributed by atoms with Crippen molar-refractivity contribution in [3.63, 3.8) is 0 Å². The minimum absolute atomic E-state index is 0.0428. The van der Waals surface area contributed by atoms with E-state index in [0.717, 1.165) is 5.56 Å². The predicted octanol–water partition coefficient (Wildman–Crippen LogP) is 2.81. The molecule has 0 aromatic heterocycles. The highest BCUT2D eigenvalue weighted by molar-refractivity contribution is 6.33. The molecule has 0 bridgehead atoms. The van der Waals surface area contributed by atoms with E-state index in [1.165, 1.54) is 0 Å². The van der Waals surface area contributed by atoms with Gasteiger partial charge in [-0.15, -0.1) is 0 Å².